The molecule has 4 heteroatoms. The number of hydrogen-bond acceptors (Lipinski definition) is 4. The van der Waals surface area contributed by atoms with Gasteiger partial charge in [-0.1, -0.05) is 24.3 Å². The fourth-order valence-electron chi connectivity index (χ4n) is 2.81. The molecular formula is C18H15NO3. The van der Waals surface area contributed by atoms with Gasteiger partial charge in [0.2, 0.25) is 5.90 Å². The van der Waals surface area contributed by atoms with E-state index in [4.69, 9.17) is 9.47 Å². The zero-order chi connectivity index (χ0) is 14.9. The molecule has 0 amide bonds. The average Bonchev–Trinajstić information content (AvgIpc) is 3.09. The minimum Gasteiger partial charge on any atom is -0.484 e. The highest BCUT2D eigenvalue weighted by atomic mass is 16.5. The van der Waals surface area contributed by atoms with Gasteiger partial charge >= 0.3 is 0 Å². The minimum atomic E-state index is -0.233. The quantitative estimate of drug-likeness (QED) is 0.854. The lowest BCUT2D eigenvalue weighted by Crippen LogP contribution is -2.20. The summed E-state index contributed by atoms with van der Waals surface area (Å²) in [6.07, 6.45) is 0.135. The van der Waals surface area contributed by atoms with Crippen LogP contribution in [-0.2, 0) is 4.74 Å². The van der Waals surface area contributed by atoms with E-state index in [2.05, 4.69) is 4.99 Å². The molecule has 2 aromatic carbocycles. The lowest BCUT2D eigenvalue weighted by Gasteiger charge is -2.25. The van der Waals surface area contributed by atoms with Crippen molar-refractivity contribution < 1.29 is 14.3 Å². The van der Waals surface area contributed by atoms with Crippen molar-refractivity contribution in [3.63, 3.8) is 0 Å². The van der Waals surface area contributed by atoms with Gasteiger partial charge in [-0.15, -0.1) is 0 Å². The number of hydrogen-bond donors (Lipinski definition) is 0. The zero-order valence-electron chi connectivity index (χ0n) is 12.0. The predicted octanol–water partition coefficient (Wildman–Crippen LogP) is 3.17. The number of benzene rings is 2. The Bertz CT molecular complexity index is 749. The fourth-order valence-corrected chi connectivity index (χ4v) is 2.81. The largest absolute Gasteiger partial charge is 0.484 e. The first-order valence-electron chi connectivity index (χ1n) is 7.38. The number of carbonyl (C=O) groups excluding carboxylic acids is 1. The van der Waals surface area contributed by atoms with E-state index in [1.807, 2.05) is 48.5 Å². The summed E-state index contributed by atoms with van der Waals surface area (Å²) in [6, 6.07) is 15.3. The fraction of sp³-hybridized carbons (Fsp3) is 0.222. The highest BCUT2D eigenvalue weighted by molar-refractivity contribution is 6.00. The summed E-state index contributed by atoms with van der Waals surface area (Å²) in [6.45, 7) is 1.36. The molecule has 0 saturated heterocycles. The van der Waals surface area contributed by atoms with E-state index in [1.165, 1.54) is 0 Å². The second-order valence-corrected chi connectivity index (χ2v) is 5.39. The van der Waals surface area contributed by atoms with Crippen molar-refractivity contribution in [2.45, 2.75) is 12.5 Å². The molecule has 22 heavy (non-hydrogen) atoms. The standard InChI is InChI=1S/C18H15NO3/c20-15-11-17(22-16-4-2-1-3-14(15)16)12-5-7-13(8-6-12)18-19-9-10-21-18/h1-8,17H,9-11H2. The lowest BCUT2D eigenvalue weighted by atomic mass is 9.96. The van der Waals surface area contributed by atoms with Gasteiger partial charge in [0.05, 0.1) is 18.5 Å². The molecule has 1 atom stereocenters. The summed E-state index contributed by atoms with van der Waals surface area (Å²) in [5.74, 6) is 1.48. The van der Waals surface area contributed by atoms with Crippen molar-refractivity contribution in [2.24, 2.45) is 4.99 Å². The van der Waals surface area contributed by atoms with Gasteiger partial charge in [-0.25, -0.2) is 4.99 Å². The molecule has 1 unspecified atom stereocenters. The summed E-state index contributed by atoms with van der Waals surface area (Å²) >= 11 is 0. The molecule has 0 aliphatic carbocycles. The highest BCUT2D eigenvalue weighted by Crippen LogP contribution is 2.34. The van der Waals surface area contributed by atoms with Crippen LogP contribution >= 0.6 is 0 Å². The van der Waals surface area contributed by atoms with Crippen LogP contribution < -0.4 is 4.74 Å². The van der Waals surface area contributed by atoms with E-state index < -0.39 is 0 Å². The Morgan fingerprint density at radius 1 is 1.05 bits per heavy atom. The van der Waals surface area contributed by atoms with E-state index >= 15 is 0 Å². The van der Waals surface area contributed by atoms with Crippen LogP contribution in [0.3, 0.4) is 0 Å². The lowest BCUT2D eigenvalue weighted by molar-refractivity contribution is 0.0850. The number of nitrogens with zero attached hydrogens (tertiary/aromatic N) is 1. The van der Waals surface area contributed by atoms with Crippen LogP contribution in [0, 0.1) is 0 Å². The van der Waals surface area contributed by atoms with E-state index in [-0.39, 0.29) is 11.9 Å². The van der Waals surface area contributed by atoms with Crippen molar-refractivity contribution in [3.8, 4) is 5.75 Å². The molecule has 4 nitrogen and oxygen atoms in total. The molecule has 0 N–H and O–H groups in total. The molecule has 0 saturated carbocycles. The summed E-state index contributed by atoms with van der Waals surface area (Å²) in [5.41, 5.74) is 2.62. The van der Waals surface area contributed by atoms with Crippen molar-refractivity contribution in [1.82, 2.24) is 0 Å². The Morgan fingerprint density at radius 2 is 1.86 bits per heavy atom. The van der Waals surface area contributed by atoms with Gasteiger partial charge in [-0.2, -0.15) is 0 Å². The molecule has 4 rings (SSSR count). The number of ketones is 1. The van der Waals surface area contributed by atoms with Gasteiger partial charge in [0, 0.05) is 5.56 Å². The van der Waals surface area contributed by atoms with Crippen LogP contribution in [0.1, 0.15) is 34.0 Å². The van der Waals surface area contributed by atoms with Crippen molar-refractivity contribution in [1.29, 1.82) is 0 Å². The molecule has 0 spiro atoms. The Labute approximate surface area is 128 Å². The third-order valence-electron chi connectivity index (χ3n) is 3.94. The molecule has 0 radical (unpaired) electrons. The van der Waals surface area contributed by atoms with Crippen LogP contribution in [0.15, 0.2) is 53.5 Å². The zero-order valence-corrected chi connectivity index (χ0v) is 12.0. The van der Waals surface area contributed by atoms with Gasteiger partial charge in [0.15, 0.2) is 5.78 Å². The summed E-state index contributed by atoms with van der Waals surface area (Å²) in [5, 5.41) is 0. The van der Waals surface area contributed by atoms with Crippen LogP contribution in [0.2, 0.25) is 0 Å². The van der Waals surface area contributed by atoms with Gasteiger partial charge in [0.1, 0.15) is 18.5 Å². The maximum absolute atomic E-state index is 12.2. The van der Waals surface area contributed by atoms with E-state index in [9.17, 15) is 4.79 Å². The number of para-hydroxylation sites is 1. The monoisotopic (exact) mass is 293 g/mol. The Kier molecular flexibility index (Phi) is 3.15. The molecule has 0 aromatic heterocycles. The second kappa shape index (κ2) is 5.30. The Hall–Kier alpha value is -2.62. The SMILES string of the molecule is O=C1CC(c2ccc(C3=NCCO3)cc2)Oc2ccccc21. The van der Waals surface area contributed by atoms with Crippen molar-refractivity contribution in [2.75, 3.05) is 13.2 Å². The highest BCUT2D eigenvalue weighted by Gasteiger charge is 2.27. The molecular weight excluding hydrogens is 278 g/mol. The maximum Gasteiger partial charge on any atom is 0.216 e. The molecule has 110 valence electrons. The molecule has 0 bridgehead atoms. The summed E-state index contributed by atoms with van der Waals surface area (Å²) < 4.78 is 11.4. The first kappa shape index (κ1) is 13.1. The molecule has 2 heterocycles. The van der Waals surface area contributed by atoms with E-state index in [0.717, 1.165) is 11.1 Å². The first-order chi connectivity index (χ1) is 10.8. The smallest absolute Gasteiger partial charge is 0.216 e. The number of carbonyl (C=O) groups is 1. The van der Waals surface area contributed by atoms with Crippen molar-refractivity contribution >= 4 is 11.7 Å². The third-order valence-corrected chi connectivity index (χ3v) is 3.94. The van der Waals surface area contributed by atoms with Crippen molar-refractivity contribution in [3.05, 3.63) is 65.2 Å². The van der Waals surface area contributed by atoms with Gasteiger partial charge in [-0.05, 0) is 29.8 Å². The second-order valence-electron chi connectivity index (χ2n) is 5.39. The third kappa shape index (κ3) is 2.26. The number of rotatable bonds is 2. The van der Waals surface area contributed by atoms with Crippen LogP contribution in [0.4, 0.5) is 0 Å². The molecule has 2 aliphatic heterocycles. The Morgan fingerprint density at radius 3 is 2.64 bits per heavy atom. The molecule has 2 aromatic rings. The summed E-state index contributed by atoms with van der Waals surface area (Å²) in [4.78, 5) is 16.5. The average molecular weight is 293 g/mol. The maximum atomic E-state index is 12.2. The number of ether oxygens (including phenoxy) is 2. The molecule has 0 fully saturated rings. The predicted molar refractivity (Wildman–Crippen MR) is 82.6 cm³/mol. The first-order valence-corrected chi connectivity index (χ1v) is 7.38. The molecule has 2 aliphatic rings. The number of aliphatic imine (C=N–C) groups is 1. The van der Waals surface area contributed by atoms with Gasteiger partial charge in [0.25, 0.3) is 0 Å². The minimum absolute atomic E-state index is 0.124. The normalized spacial score (nSPS) is 19.9. The van der Waals surface area contributed by atoms with Gasteiger partial charge in [-0.3, -0.25) is 4.79 Å². The van der Waals surface area contributed by atoms with Crippen LogP contribution in [0.25, 0.3) is 0 Å². The van der Waals surface area contributed by atoms with Crippen LogP contribution in [0.5, 0.6) is 5.75 Å². The van der Waals surface area contributed by atoms with Crippen LogP contribution in [-0.4, -0.2) is 24.8 Å². The summed E-state index contributed by atoms with van der Waals surface area (Å²) in [7, 11) is 0. The Balaban J connectivity index is 1.59. The van der Waals surface area contributed by atoms with Gasteiger partial charge < -0.3 is 9.47 Å². The number of Topliss-reactive ketones (excluding diaryl/α,β-unsaturated/α-hetero) is 1. The van der Waals surface area contributed by atoms with E-state index in [0.29, 0.717) is 36.8 Å². The number of fused-ring (bicyclic) bond motifs is 1. The topological polar surface area (TPSA) is 47.9 Å². The van der Waals surface area contributed by atoms with E-state index in [1.54, 1.807) is 0 Å².